The Balaban J connectivity index is 1.72. The highest BCUT2D eigenvalue weighted by Gasteiger charge is 2.47. The minimum absolute atomic E-state index is 0.0226. The summed E-state index contributed by atoms with van der Waals surface area (Å²) < 4.78 is 5.79. The summed E-state index contributed by atoms with van der Waals surface area (Å²) in [5.41, 5.74) is 0.892. The van der Waals surface area contributed by atoms with Crippen molar-refractivity contribution in [1.82, 2.24) is 0 Å². The van der Waals surface area contributed by atoms with E-state index in [1.807, 2.05) is 18.2 Å². The number of hydrogen-bond acceptors (Lipinski definition) is 5. The van der Waals surface area contributed by atoms with Gasteiger partial charge in [0.25, 0.3) is 0 Å². The summed E-state index contributed by atoms with van der Waals surface area (Å²) in [6, 6.07) is 9.08. The molecule has 1 heterocycles. The first-order valence-corrected chi connectivity index (χ1v) is 9.25. The number of hydrogen-bond donors (Lipinski definition) is 0. The van der Waals surface area contributed by atoms with Crippen LogP contribution >= 0.6 is 0 Å². The normalized spacial score (nSPS) is 23.5. The molecule has 1 unspecified atom stereocenters. The van der Waals surface area contributed by atoms with Gasteiger partial charge in [0, 0.05) is 12.0 Å². The van der Waals surface area contributed by atoms with Crippen molar-refractivity contribution >= 4 is 17.5 Å². The monoisotopic (exact) mass is 353 g/mol. The Labute approximate surface area is 153 Å². The lowest BCUT2D eigenvalue weighted by molar-refractivity contribution is -0.178. The standard InChI is InChI=1S/C21H23NO4/c22-12-10-19(24)16-7-5-15(6-8-16)9-11-21(17-3-1-2-4-17)14-18(23)13-20(25)26-21/h5-8,17H,1-4,9-11,13-14H2. The van der Waals surface area contributed by atoms with E-state index in [-0.39, 0.29) is 30.3 Å². The smallest absolute Gasteiger partial charge is 0.313 e. The minimum Gasteiger partial charge on any atom is -0.458 e. The minimum atomic E-state index is -0.668. The van der Waals surface area contributed by atoms with Crippen LogP contribution in [-0.4, -0.2) is 23.1 Å². The Morgan fingerprint density at radius 1 is 1.19 bits per heavy atom. The molecule has 0 bridgehead atoms. The SMILES string of the molecule is N#CCC(=O)c1ccc(CCC2(C3CCCC3)CC(=O)CC(=O)O2)cc1. The van der Waals surface area contributed by atoms with Gasteiger partial charge >= 0.3 is 5.97 Å². The van der Waals surface area contributed by atoms with Crippen molar-refractivity contribution in [3.63, 3.8) is 0 Å². The van der Waals surface area contributed by atoms with Crippen molar-refractivity contribution < 1.29 is 19.1 Å². The zero-order valence-corrected chi connectivity index (χ0v) is 14.8. The average molecular weight is 353 g/mol. The third kappa shape index (κ3) is 4.01. The molecule has 26 heavy (non-hydrogen) atoms. The fourth-order valence-corrected chi connectivity index (χ4v) is 4.27. The quantitative estimate of drug-likeness (QED) is 0.443. The van der Waals surface area contributed by atoms with E-state index >= 15 is 0 Å². The highest BCUT2D eigenvalue weighted by atomic mass is 16.6. The van der Waals surface area contributed by atoms with Crippen molar-refractivity contribution in [2.75, 3.05) is 0 Å². The first-order chi connectivity index (χ1) is 12.5. The number of carbonyl (C=O) groups excluding carboxylic acids is 3. The van der Waals surface area contributed by atoms with Crippen LogP contribution in [0, 0.1) is 17.2 Å². The van der Waals surface area contributed by atoms with Gasteiger partial charge in [-0.1, -0.05) is 37.1 Å². The Hall–Kier alpha value is -2.48. The van der Waals surface area contributed by atoms with Gasteiger partial charge < -0.3 is 4.74 Å². The van der Waals surface area contributed by atoms with Crippen LogP contribution in [0.3, 0.4) is 0 Å². The van der Waals surface area contributed by atoms with Gasteiger partial charge in [-0.3, -0.25) is 14.4 Å². The molecule has 2 fully saturated rings. The molecule has 1 aliphatic heterocycles. The van der Waals surface area contributed by atoms with Crippen molar-refractivity contribution in [2.45, 2.75) is 63.4 Å². The van der Waals surface area contributed by atoms with Gasteiger partial charge in [-0.05, 0) is 37.2 Å². The van der Waals surface area contributed by atoms with Crippen LogP contribution in [0.15, 0.2) is 24.3 Å². The van der Waals surface area contributed by atoms with E-state index in [2.05, 4.69) is 0 Å². The molecule has 5 nitrogen and oxygen atoms in total. The van der Waals surface area contributed by atoms with Crippen molar-refractivity contribution in [3.8, 4) is 6.07 Å². The van der Waals surface area contributed by atoms with E-state index < -0.39 is 11.6 Å². The Bertz CT molecular complexity index is 722. The molecular weight excluding hydrogens is 330 g/mol. The highest BCUT2D eigenvalue weighted by molar-refractivity contribution is 5.98. The molecule has 1 aliphatic carbocycles. The number of nitrogens with zero attached hydrogens (tertiary/aromatic N) is 1. The van der Waals surface area contributed by atoms with Crippen LogP contribution in [-0.2, 0) is 20.7 Å². The lowest BCUT2D eigenvalue weighted by atomic mass is 9.76. The molecule has 5 heteroatoms. The molecule has 0 radical (unpaired) electrons. The number of esters is 1. The second-order valence-electron chi connectivity index (χ2n) is 7.37. The molecule has 1 saturated carbocycles. The summed E-state index contributed by atoms with van der Waals surface area (Å²) in [5, 5.41) is 8.62. The van der Waals surface area contributed by atoms with Crippen LogP contribution in [0.1, 0.15) is 67.3 Å². The molecule has 0 spiro atoms. The summed E-state index contributed by atoms with van der Waals surface area (Å²) in [6.07, 6.45) is 5.64. The van der Waals surface area contributed by atoms with Crippen LogP contribution in [0.4, 0.5) is 0 Å². The molecule has 3 rings (SSSR count). The van der Waals surface area contributed by atoms with E-state index in [1.54, 1.807) is 12.1 Å². The van der Waals surface area contributed by atoms with Gasteiger partial charge in [-0.2, -0.15) is 5.26 Å². The van der Waals surface area contributed by atoms with Crippen LogP contribution < -0.4 is 0 Å². The Morgan fingerprint density at radius 3 is 2.50 bits per heavy atom. The number of Topliss-reactive ketones (excluding diaryl/α,β-unsaturated/α-hetero) is 2. The molecule has 1 saturated heterocycles. The Morgan fingerprint density at radius 2 is 1.88 bits per heavy atom. The average Bonchev–Trinajstić information content (AvgIpc) is 3.15. The molecule has 0 N–H and O–H groups in total. The first-order valence-electron chi connectivity index (χ1n) is 9.25. The van der Waals surface area contributed by atoms with Gasteiger partial charge in [-0.25, -0.2) is 0 Å². The lowest BCUT2D eigenvalue weighted by Gasteiger charge is -2.41. The van der Waals surface area contributed by atoms with Crippen molar-refractivity contribution in [2.24, 2.45) is 5.92 Å². The maximum atomic E-state index is 12.1. The fraction of sp³-hybridized carbons (Fsp3) is 0.524. The number of aryl methyl sites for hydroxylation is 1. The summed E-state index contributed by atoms with van der Waals surface area (Å²) in [6.45, 7) is 0. The van der Waals surface area contributed by atoms with Gasteiger partial charge in [-0.15, -0.1) is 0 Å². The van der Waals surface area contributed by atoms with Crippen LogP contribution in [0.2, 0.25) is 0 Å². The number of ketones is 2. The van der Waals surface area contributed by atoms with Crippen molar-refractivity contribution in [1.29, 1.82) is 5.26 Å². The topological polar surface area (TPSA) is 84.2 Å². The molecule has 0 amide bonds. The van der Waals surface area contributed by atoms with Gasteiger partial charge in [0.05, 0.1) is 12.5 Å². The predicted molar refractivity (Wildman–Crippen MR) is 94.3 cm³/mol. The number of ether oxygens (including phenoxy) is 1. The predicted octanol–water partition coefficient (Wildman–Crippen LogP) is 3.55. The van der Waals surface area contributed by atoms with E-state index in [4.69, 9.17) is 10.00 Å². The molecule has 136 valence electrons. The summed E-state index contributed by atoms with van der Waals surface area (Å²) in [7, 11) is 0. The molecular formula is C21H23NO4. The lowest BCUT2D eigenvalue weighted by Crippen LogP contribution is -2.48. The second-order valence-corrected chi connectivity index (χ2v) is 7.37. The fourth-order valence-electron chi connectivity index (χ4n) is 4.27. The van der Waals surface area contributed by atoms with Gasteiger partial charge in [0.15, 0.2) is 5.78 Å². The number of carbonyl (C=O) groups is 3. The molecule has 0 aromatic heterocycles. The second kappa shape index (κ2) is 7.82. The summed E-state index contributed by atoms with van der Waals surface area (Å²) >= 11 is 0. The summed E-state index contributed by atoms with van der Waals surface area (Å²) in [4.78, 5) is 35.7. The van der Waals surface area contributed by atoms with Gasteiger partial charge in [0.1, 0.15) is 17.8 Å². The third-order valence-electron chi connectivity index (χ3n) is 5.61. The van der Waals surface area contributed by atoms with E-state index in [0.29, 0.717) is 24.8 Å². The largest absolute Gasteiger partial charge is 0.458 e. The molecule has 1 aromatic carbocycles. The van der Waals surface area contributed by atoms with E-state index in [1.165, 1.54) is 0 Å². The zero-order chi connectivity index (χ0) is 18.6. The zero-order valence-electron chi connectivity index (χ0n) is 14.8. The van der Waals surface area contributed by atoms with Crippen molar-refractivity contribution in [3.05, 3.63) is 35.4 Å². The first kappa shape index (κ1) is 18.3. The number of nitriles is 1. The number of rotatable bonds is 6. The van der Waals surface area contributed by atoms with Gasteiger partial charge in [0.2, 0.25) is 0 Å². The number of cyclic esters (lactones) is 1. The Kier molecular flexibility index (Phi) is 5.51. The maximum Gasteiger partial charge on any atom is 0.313 e. The molecule has 1 atom stereocenters. The highest BCUT2D eigenvalue weighted by Crippen LogP contribution is 2.43. The maximum absolute atomic E-state index is 12.1. The van der Waals surface area contributed by atoms with E-state index in [0.717, 1.165) is 31.2 Å². The summed E-state index contributed by atoms with van der Waals surface area (Å²) in [5.74, 6) is -0.350. The molecule has 2 aliphatic rings. The van der Waals surface area contributed by atoms with Crippen LogP contribution in [0.5, 0.6) is 0 Å². The molecule has 1 aromatic rings. The van der Waals surface area contributed by atoms with Crippen LogP contribution in [0.25, 0.3) is 0 Å². The third-order valence-corrected chi connectivity index (χ3v) is 5.61. The van der Waals surface area contributed by atoms with E-state index in [9.17, 15) is 14.4 Å². The number of benzene rings is 1.